The molecule has 4 aromatic rings. The van der Waals surface area contributed by atoms with E-state index in [1.165, 1.54) is 0 Å². The summed E-state index contributed by atoms with van der Waals surface area (Å²) in [7, 11) is 0. The number of rotatable bonds is 3. The van der Waals surface area contributed by atoms with Crippen LogP contribution < -0.4 is 4.74 Å². The van der Waals surface area contributed by atoms with Crippen molar-refractivity contribution in [1.29, 1.82) is 0 Å². The summed E-state index contributed by atoms with van der Waals surface area (Å²) in [5.41, 5.74) is 2.84. The Hall–Kier alpha value is -2.84. The zero-order chi connectivity index (χ0) is 16.4. The molecule has 0 amide bonds. The molecule has 0 bridgehead atoms. The first-order chi connectivity index (χ1) is 11.8. The fourth-order valence-corrected chi connectivity index (χ4v) is 2.81. The van der Waals surface area contributed by atoms with E-state index in [1.807, 2.05) is 78.9 Å². The topological polar surface area (TPSA) is 22.1 Å². The normalized spacial score (nSPS) is 10.7. The van der Waals surface area contributed by atoms with Crippen LogP contribution >= 0.6 is 11.6 Å². The first kappa shape index (κ1) is 14.7. The van der Waals surface area contributed by atoms with E-state index in [1.54, 1.807) is 0 Å². The van der Waals surface area contributed by atoms with Crippen LogP contribution in [-0.2, 0) is 0 Å². The van der Waals surface area contributed by atoms with Crippen molar-refractivity contribution in [2.75, 3.05) is 0 Å². The minimum atomic E-state index is 0.585. The predicted octanol–water partition coefficient (Wildman–Crippen LogP) is 6.35. The Morgan fingerprint density at radius 1 is 0.750 bits per heavy atom. The molecule has 0 saturated heterocycles. The van der Waals surface area contributed by atoms with Gasteiger partial charge in [0, 0.05) is 16.0 Å². The zero-order valence-electron chi connectivity index (χ0n) is 12.8. The summed E-state index contributed by atoms with van der Waals surface area (Å²) >= 11 is 6.13. The molecule has 0 unspecified atom stereocenters. The third kappa shape index (κ3) is 2.97. The molecular weight excluding hydrogens is 318 g/mol. The van der Waals surface area contributed by atoms with Gasteiger partial charge in [-0.3, -0.25) is 0 Å². The molecule has 2 nitrogen and oxygen atoms in total. The number of hydrogen-bond acceptors (Lipinski definition) is 2. The van der Waals surface area contributed by atoms with Crippen LogP contribution in [0, 0.1) is 0 Å². The predicted molar refractivity (Wildman–Crippen MR) is 98.7 cm³/mol. The molecule has 0 spiro atoms. The zero-order valence-corrected chi connectivity index (χ0v) is 13.6. The van der Waals surface area contributed by atoms with Gasteiger partial charge < -0.3 is 4.74 Å². The van der Waals surface area contributed by atoms with Crippen molar-refractivity contribution < 1.29 is 4.74 Å². The van der Waals surface area contributed by atoms with Crippen molar-refractivity contribution in [3.05, 3.63) is 90.0 Å². The number of aromatic nitrogens is 1. The molecule has 0 atom stereocenters. The Bertz CT molecular complexity index is 985. The molecule has 1 heterocycles. The Balaban J connectivity index is 1.90. The van der Waals surface area contributed by atoms with Crippen LogP contribution in [0.15, 0.2) is 84.9 Å². The van der Waals surface area contributed by atoms with Crippen LogP contribution in [-0.4, -0.2) is 4.98 Å². The monoisotopic (exact) mass is 331 g/mol. The molecule has 1 aromatic heterocycles. The smallest absolute Gasteiger partial charge is 0.227 e. The van der Waals surface area contributed by atoms with Crippen LogP contribution in [0.1, 0.15) is 0 Å². The first-order valence-corrected chi connectivity index (χ1v) is 8.06. The number of halogens is 1. The molecule has 3 aromatic carbocycles. The van der Waals surface area contributed by atoms with Gasteiger partial charge in [-0.1, -0.05) is 60.1 Å². The largest absolute Gasteiger partial charge is 0.438 e. The maximum Gasteiger partial charge on any atom is 0.227 e. The van der Waals surface area contributed by atoms with Gasteiger partial charge in [0.05, 0.1) is 5.52 Å². The van der Waals surface area contributed by atoms with E-state index in [9.17, 15) is 0 Å². The molecule has 0 aliphatic carbocycles. The second kappa shape index (κ2) is 6.34. The average molecular weight is 332 g/mol. The lowest BCUT2D eigenvalue weighted by molar-refractivity contribution is 0.467. The van der Waals surface area contributed by atoms with Gasteiger partial charge in [-0.2, -0.15) is 0 Å². The maximum absolute atomic E-state index is 6.13. The SMILES string of the molecule is Clc1ccc2nc(Oc3ccccc3)c(-c3ccccc3)cc2c1. The van der Waals surface area contributed by atoms with Crippen molar-refractivity contribution in [2.24, 2.45) is 0 Å². The second-order valence-electron chi connectivity index (χ2n) is 5.46. The third-order valence-corrected chi connectivity index (χ3v) is 4.02. The second-order valence-corrected chi connectivity index (χ2v) is 5.90. The van der Waals surface area contributed by atoms with E-state index in [2.05, 4.69) is 6.07 Å². The molecule has 24 heavy (non-hydrogen) atoms. The van der Waals surface area contributed by atoms with E-state index in [-0.39, 0.29) is 0 Å². The van der Waals surface area contributed by atoms with Gasteiger partial charge in [0.2, 0.25) is 5.88 Å². The van der Waals surface area contributed by atoms with Gasteiger partial charge >= 0.3 is 0 Å². The van der Waals surface area contributed by atoms with Gasteiger partial charge in [-0.15, -0.1) is 0 Å². The van der Waals surface area contributed by atoms with E-state index in [0.717, 1.165) is 27.8 Å². The molecule has 3 heteroatoms. The van der Waals surface area contributed by atoms with Crippen molar-refractivity contribution in [3.63, 3.8) is 0 Å². The van der Waals surface area contributed by atoms with Crippen LogP contribution in [0.3, 0.4) is 0 Å². The molecule has 116 valence electrons. The Labute approximate surface area is 145 Å². The average Bonchev–Trinajstić information content (AvgIpc) is 2.63. The Kier molecular flexibility index (Phi) is 3.89. The summed E-state index contributed by atoms with van der Waals surface area (Å²) in [6.07, 6.45) is 0. The van der Waals surface area contributed by atoms with Gasteiger partial charge in [0.25, 0.3) is 0 Å². The summed E-state index contributed by atoms with van der Waals surface area (Å²) in [5, 5.41) is 1.68. The number of ether oxygens (including phenoxy) is 1. The van der Waals surface area contributed by atoms with Crippen molar-refractivity contribution in [1.82, 2.24) is 4.98 Å². The Morgan fingerprint density at radius 2 is 1.46 bits per heavy atom. The number of nitrogens with zero attached hydrogens (tertiary/aromatic N) is 1. The lowest BCUT2D eigenvalue weighted by atomic mass is 10.0. The van der Waals surface area contributed by atoms with E-state index < -0.39 is 0 Å². The van der Waals surface area contributed by atoms with Crippen LogP contribution in [0.2, 0.25) is 5.02 Å². The summed E-state index contributed by atoms with van der Waals surface area (Å²) in [4.78, 5) is 4.71. The fourth-order valence-electron chi connectivity index (χ4n) is 2.63. The van der Waals surface area contributed by atoms with Gasteiger partial charge in [-0.25, -0.2) is 4.98 Å². The van der Waals surface area contributed by atoms with E-state index in [4.69, 9.17) is 21.3 Å². The summed E-state index contributed by atoms with van der Waals surface area (Å²) < 4.78 is 6.06. The van der Waals surface area contributed by atoms with Crippen molar-refractivity contribution in [3.8, 4) is 22.8 Å². The van der Waals surface area contributed by atoms with E-state index >= 15 is 0 Å². The number of fused-ring (bicyclic) bond motifs is 1. The molecule has 0 fully saturated rings. The molecule has 0 radical (unpaired) electrons. The van der Waals surface area contributed by atoms with E-state index in [0.29, 0.717) is 10.9 Å². The lowest BCUT2D eigenvalue weighted by Gasteiger charge is -2.12. The highest BCUT2D eigenvalue weighted by molar-refractivity contribution is 6.31. The number of para-hydroxylation sites is 1. The lowest BCUT2D eigenvalue weighted by Crippen LogP contribution is -1.93. The van der Waals surface area contributed by atoms with Gasteiger partial charge in [-0.05, 0) is 42.0 Å². The Morgan fingerprint density at radius 3 is 2.21 bits per heavy atom. The fraction of sp³-hybridized carbons (Fsp3) is 0. The minimum absolute atomic E-state index is 0.585. The summed E-state index contributed by atoms with van der Waals surface area (Å²) in [5.74, 6) is 1.35. The highest BCUT2D eigenvalue weighted by Gasteiger charge is 2.11. The van der Waals surface area contributed by atoms with Crippen molar-refractivity contribution >= 4 is 22.5 Å². The molecule has 0 saturated carbocycles. The number of hydrogen-bond donors (Lipinski definition) is 0. The quantitative estimate of drug-likeness (QED) is 0.436. The van der Waals surface area contributed by atoms with Crippen LogP contribution in [0.4, 0.5) is 0 Å². The molecular formula is C21H14ClNO. The molecule has 0 aliphatic heterocycles. The minimum Gasteiger partial charge on any atom is -0.438 e. The summed E-state index contributed by atoms with van der Waals surface area (Å²) in [6.45, 7) is 0. The van der Waals surface area contributed by atoms with Crippen LogP contribution in [0.5, 0.6) is 11.6 Å². The first-order valence-electron chi connectivity index (χ1n) is 7.68. The highest BCUT2D eigenvalue weighted by atomic mass is 35.5. The standard InChI is InChI=1S/C21H14ClNO/c22-17-11-12-20-16(13-17)14-19(15-7-3-1-4-8-15)21(23-20)24-18-9-5-2-6-10-18/h1-14H. The maximum atomic E-state index is 6.13. The molecule has 0 N–H and O–H groups in total. The van der Waals surface area contributed by atoms with Crippen molar-refractivity contribution in [2.45, 2.75) is 0 Å². The summed E-state index contributed by atoms with van der Waals surface area (Å²) in [6, 6.07) is 27.5. The number of pyridine rings is 1. The van der Waals surface area contributed by atoms with Gasteiger partial charge in [0.15, 0.2) is 0 Å². The number of benzene rings is 3. The molecule has 4 rings (SSSR count). The highest BCUT2D eigenvalue weighted by Crippen LogP contribution is 2.35. The third-order valence-electron chi connectivity index (χ3n) is 3.78. The van der Waals surface area contributed by atoms with Crippen LogP contribution in [0.25, 0.3) is 22.0 Å². The molecule has 0 aliphatic rings. The van der Waals surface area contributed by atoms with Gasteiger partial charge in [0.1, 0.15) is 5.75 Å².